The number of halogens is 3. The summed E-state index contributed by atoms with van der Waals surface area (Å²) < 4.78 is 37.2. The van der Waals surface area contributed by atoms with E-state index in [2.05, 4.69) is 0 Å². The number of aryl methyl sites for hydroxylation is 1. The molecule has 1 atom stereocenters. The number of alkyl halides is 3. The van der Waals surface area contributed by atoms with Gasteiger partial charge in [-0.05, 0) is 24.0 Å². The summed E-state index contributed by atoms with van der Waals surface area (Å²) in [6.45, 7) is 1.98. The van der Waals surface area contributed by atoms with Crippen LogP contribution in [0.4, 0.5) is 13.2 Å². The van der Waals surface area contributed by atoms with Gasteiger partial charge in [-0.2, -0.15) is 13.2 Å². The van der Waals surface area contributed by atoms with Crippen molar-refractivity contribution in [2.45, 2.75) is 38.5 Å². The van der Waals surface area contributed by atoms with Crippen LogP contribution in [0.3, 0.4) is 0 Å². The molecule has 1 N–H and O–H groups in total. The van der Waals surface area contributed by atoms with E-state index in [1.807, 2.05) is 6.92 Å². The molecule has 0 radical (unpaired) electrons. The van der Waals surface area contributed by atoms with Gasteiger partial charge in [0.2, 0.25) is 0 Å². The van der Waals surface area contributed by atoms with E-state index in [0.29, 0.717) is 12.0 Å². The summed E-state index contributed by atoms with van der Waals surface area (Å²) in [4.78, 5) is 0. The molecule has 1 nitrogen and oxygen atoms in total. The Kier molecular flexibility index (Phi) is 4.35. The summed E-state index contributed by atoms with van der Waals surface area (Å²) in [6, 6.07) is 6.18. The lowest BCUT2D eigenvalue weighted by molar-refractivity contribution is -0.207. The van der Waals surface area contributed by atoms with E-state index in [9.17, 15) is 18.3 Å². The molecular weight excluding hydrogens is 217 g/mol. The topological polar surface area (TPSA) is 20.2 Å². The van der Waals surface area contributed by atoms with Gasteiger partial charge in [0.25, 0.3) is 0 Å². The maximum Gasteiger partial charge on any atom is 0.418 e. The molecule has 0 aromatic heterocycles. The Labute approximate surface area is 92.9 Å². The third-order valence-corrected chi connectivity index (χ3v) is 2.46. The van der Waals surface area contributed by atoms with Crippen LogP contribution < -0.4 is 0 Å². The predicted molar refractivity (Wildman–Crippen MR) is 56.1 cm³/mol. The van der Waals surface area contributed by atoms with Crippen LogP contribution in [0.25, 0.3) is 0 Å². The average molecular weight is 232 g/mol. The molecule has 1 aromatic rings. The van der Waals surface area contributed by atoms with Crippen LogP contribution in [0.2, 0.25) is 0 Å². The highest BCUT2D eigenvalue weighted by molar-refractivity contribution is 5.30. The molecule has 0 aliphatic carbocycles. The minimum atomic E-state index is -4.59. The van der Waals surface area contributed by atoms with Gasteiger partial charge in [-0.1, -0.05) is 37.6 Å². The third-order valence-electron chi connectivity index (χ3n) is 2.46. The molecule has 4 heteroatoms. The SMILES string of the molecule is CCCCc1ccccc1C(O)C(F)(F)F. The lowest BCUT2D eigenvalue weighted by Gasteiger charge is -2.18. The Morgan fingerprint density at radius 2 is 1.88 bits per heavy atom. The van der Waals surface area contributed by atoms with Gasteiger partial charge in [0.1, 0.15) is 0 Å². The van der Waals surface area contributed by atoms with Crippen LogP contribution >= 0.6 is 0 Å². The molecule has 0 saturated carbocycles. The van der Waals surface area contributed by atoms with Gasteiger partial charge < -0.3 is 5.11 Å². The van der Waals surface area contributed by atoms with Gasteiger partial charge in [0.05, 0.1) is 0 Å². The van der Waals surface area contributed by atoms with Gasteiger partial charge in [-0.15, -0.1) is 0 Å². The summed E-state index contributed by atoms with van der Waals surface area (Å²) in [6.07, 6.45) is -4.67. The second kappa shape index (κ2) is 5.34. The van der Waals surface area contributed by atoms with E-state index in [1.54, 1.807) is 12.1 Å². The number of hydrogen-bond acceptors (Lipinski definition) is 1. The van der Waals surface area contributed by atoms with Crippen molar-refractivity contribution in [3.8, 4) is 0 Å². The smallest absolute Gasteiger partial charge is 0.379 e. The van der Waals surface area contributed by atoms with E-state index in [4.69, 9.17) is 0 Å². The molecule has 1 rings (SSSR count). The second-order valence-corrected chi connectivity index (χ2v) is 3.75. The van der Waals surface area contributed by atoms with Crippen molar-refractivity contribution < 1.29 is 18.3 Å². The minimum absolute atomic E-state index is 0.0246. The molecule has 0 amide bonds. The Morgan fingerprint density at radius 3 is 2.44 bits per heavy atom. The monoisotopic (exact) mass is 232 g/mol. The first-order chi connectivity index (χ1) is 7.46. The van der Waals surface area contributed by atoms with Gasteiger partial charge in [0, 0.05) is 0 Å². The molecule has 0 spiro atoms. The van der Waals surface area contributed by atoms with Crippen molar-refractivity contribution in [1.29, 1.82) is 0 Å². The van der Waals surface area contributed by atoms with Crippen molar-refractivity contribution in [2.24, 2.45) is 0 Å². The Bertz CT molecular complexity index is 333. The summed E-state index contributed by atoms with van der Waals surface area (Å²) in [5, 5.41) is 9.21. The highest BCUT2D eigenvalue weighted by atomic mass is 19.4. The molecule has 1 aromatic carbocycles. The Balaban J connectivity index is 2.94. The zero-order valence-corrected chi connectivity index (χ0v) is 9.09. The summed E-state index contributed by atoms with van der Waals surface area (Å²) in [7, 11) is 0. The standard InChI is InChI=1S/C12H15F3O/c1-2-3-6-9-7-4-5-8-10(9)11(16)12(13,14)15/h4-5,7-8,11,16H,2-3,6H2,1H3. The Hall–Kier alpha value is -1.03. The lowest BCUT2D eigenvalue weighted by Crippen LogP contribution is -2.21. The Morgan fingerprint density at radius 1 is 1.25 bits per heavy atom. The molecule has 0 fully saturated rings. The lowest BCUT2D eigenvalue weighted by atomic mass is 9.98. The highest BCUT2D eigenvalue weighted by Crippen LogP contribution is 2.34. The van der Waals surface area contributed by atoms with Crippen LogP contribution in [0.15, 0.2) is 24.3 Å². The molecule has 90 valence electrons. The zero-order valence-electron chi connectivity index (χ0n) is 9.09. The van der Waals surface area contributed by atoms with Gasteiger partial charge in [-0.25, -0.2) is 0 Å². The molecule has 0 saturated heterocycles. The van der Waals surface area contributed by atoms with Crippen molar-refractivity contribution >= 4 is 0 Å². The van der Waals surface area contributed by atoms with E-state index in [0.717, 1.165) is 12.8 Å². The zero-order chi connectivity index (χ0) is 12.2. The summed E-state index contributed by atoms with van der Waals surface area (Å²) in [5.74, 6) is 0. The number of aliphatic hydroxyl groups is 1. The largest absolute Gasteiger partial charge is 0.418 e. The fraction of sp³-hybridized carbons (Fsp3) is 0.500. The van der Waals surface area contributed by atoms with Gasteiger partial charge in [0.15, 0.2) is 6.10 Å². The summed E-state index contributed by atoms with van der Waals surface area (Å²) in [5.41, 5.74) is 0.553. The van der Waals surface area contributed by atoms with Crippen LogP contribution in [-0.2, 0) is 6.42 Å². The number of hydrogen-bond donors (Lipinski definition) is 1. The van der Waals surface area contributed by atoms with E-state index in [-0.39, 0.29) is 5.56 Å². The van der Waals surface area contributed by atoms with Gasteiger partial charge >= 0.3 is 6.18 Å². The number of unbranched alkanes of at least 4 members (excludes halogenated alkanes) is 1. The van der Waals surface area contributed by atoms with Crippen molar-refractivity contribution in [3.05, 3.63) is 35.4 Å². The number of rotatable bonds is 4. The molecular formula is C12H15F3O. The first-order valence-corrected chi connectivity index (χ1v) is 5.29. The molecule has 0 aliphatic heterocycles. The predicted octanol–water partition coefficient (Wildman–Crippen LogP) is 3.62. The first-order valence-electron chi connectivity index (χ1n) is 5.29. The normalized spacial score (nSPS) is 13.8. The average Bonchev–Trinajstić information content (AvgIpc) is 2.24. The first kappa shape index (κ1) is 13.0. The van der Waals surface area contributed by atoms with Crippen molar-refractivity contribution in [3.63, 3.8) is 0 Å². The number of benzene rings is 1. The maximum absolute atomic E-state index is 12.4. The summed E-state index contributed by atoms with van der Waals surface area (Å²) >= 11 is 0. The highest BCUT2D eigenvalue weighted by Gasteiger charge is 2.40. The van der Waals surface area contributed by atoms with Crippen LogP contribution in [0.5, 0.6) is 0 Å². The molecule has 0 bridgehead atoms. The fourth-order valence-corrected chi connectivity index (χ4v) is 1.57. The minimum Gasteiger partial charge on any atom is -0.379 e. The second-order valence-electron chi connectivity index (χ2n) is 3.75. The van der Waals surface area contributed by atoms with Crippen molar-refractivity contribution in [2.75, 3.05) is 0 Å². The third kappa shape index (κ3) is 3.23. The van der Waals surface area contributed by atoms with E-state index < -0.39 is 12.3 Å². The van der Waals surface area contributed by atoms with Gasteiger partial charge in [-0.3, -0.25) is 0 Å². The van der Waals surface area contributed by atoms with E-state index >= 15 is 0 Å². The number of aliphatic hydroxyl groups excluding tert-OH is 1. The molecule has 0 heterocycles. The quantitative estimate of drug-likeness (QED) is 0.840. The van der Waals surface area contributed by atoms with E-state index in [1.165, 1.54) is 12.1 Å². The van der Waals surface area contributed by atoms with Crippen LogP contribution in [0, 0.1) is 0 Å². The van der Waals surface area contributed by atoms with Crippen LogP contribution in [-0.4, -0.2) is 11.3 Å². The van der Waals surface area contributed by atoms with Crippen LogP contribution in [0.1, 0.15) is 37.0 Å². The molecule has 1 unspecified atom stereocenters. The van der Waals surface area contributed by atoms with Crippen molar-refractivity contribution in [1.82, 2.24) is 0 Å². The fourth-order valence-electron chi connectivity index (χ4n) is 1.57. The molecule has 16 heavy (non-hydrogen) atoms. The maximum atomic E-state index is 12.4. The molecule has 0 aliphatic rings.